The zero-order chi connectivity index (χ0) is 19.1. The summed E-state index contributed by atoms with van der Waals surface area (Å²) in [4.78, 5) is 26.7. The van der Waals surface area contributed by atoms with Crippen molar-refractivity contribution in [2.24, 2.45) is 0 Å². The molecule has 1 fully saturated rings. The quantitative estimate of drug-likeness (QED) is 0.801. The van der Waals surface area contributed by atoms with E-state index in [2.05, 4.69) is 28.1 Å². The molecule has 5 rings (SSSR count). The lowest BCUT2D eigenvalue weighted by molar-refractivity contribution is -0.145. The third kappa shape index (κ3) is 3.15. The van der Waals surface area contributed by atoms with Crippen molar-refractivity contribution in [3.05, 3.63) is 52.5 Å². The summed E-state index contributed by atoms with van der Waals surface area (Å²) in [6, 6.07) is 8.40. The van der Waals surface area contributed by atoms with Crippen LogP contribution in [0.5, 0.6) is 0 Å². The summed E-state index contributed by atoms with van der Waals surface area (Å²) in [5.74, 6) is 1.93. The van der Waals surface area contributed by atoms with E-state index in [1.54, 1.807) is 0 Å². The van der Waals surface area contributed by atoms with Gasteiger partial charge in [0.15, 0.2) is 6.10 Å². The van der Waals surface area contributed by atoms with Crippen molar-refractivity contribution in [1.82, 2.24) is 14.9 Å². The highest BCUT2D eigenvalue weighted by atomic mass is 16.5. The largest absolute Gasteiger partial charge is 0.365 e. The van der Waals surface area contributed by atoms with Gasteiger partial charge in [0, 0.05) is 30.9 Å². The molecule has 0 N–H and O–H groups in total. The molecule has 28 heavy (non-hydrogen) atoms. The number of morpholine rings is 1. The Bertz CT molecular complexity index is 913. The Balaban J connectivity index is 1.33. The van der Waals surface area contributed by atoms with Crippen LogP contribution in [0.1, 0.15) is 34.6 Å². The van der Waals surface area contributed by atoms with E-state index in [0.29, 0.717) is 19.7 Å². The van der Waals surface area contributed by atoms with Crippen molar-refractivity contribution in [3.63, 3.8) is 0 Å². The predicted molar refractivity (Wildman–Crippen MR) is 106 cm³/mol. The molecule has 6 heteroatoms. The summed E-state index contributed by atoms with van der Waals surface area (Å²) < 4.78 is 5.91. The minimum atomic E-state index is -0.425. The van der Waals surface area contributed by atoms with Crippen LogP contribution in [-0.4, -0.2) is 53.1 Å². The summed E-state index contributed by atoms with van der Waals surface area (Å²) in [5, 5.41) is 0. The number of carbonyl (C=O) groups is 1. The minimum Gasteiger partial charge on any atom is -0.365 e. The molecule has 1 aliphatic carbocycles. The summed E-state index contributed by atoms with van der Waals surface area (Å²) in [5.41, 5.74) is 5.05. The maximum atomic E-state index is 13.2. The Labute approximate surface area is 165 Å². The maximum Gasteiger partial charge on any atom is 0.253 e. The average molecular weight is 378 g/mol. The molecule has 1 aromatic carbocycles. The number of ether oxygens (including phenoxy) is 1. The first-order chi connectivity index (χ1) is 13.7. The molecule has 1 unspecified atom stereocenters. The van der Waals surface area contributed by atoms with E-state index in [0.717, 1.165) is 50.4 Å². The zero-order valence-electron chi connectivity index (χ0n) is 16.4. The fourth-order valence-corrected chi connectivity index (χ4v) is 4.67. The van der Waals surface area contributed by atoms with Crippen molar-refractivity contribution in [1.29, 1.82) is 0 Å². The molecule has 1 atom stereocenters. The van der Waals surface area contributed by atoms with Crippen molar-refractivity contribution in [3.8, 4) is 0 Å². The SMILES string of the molecule is Cc1nc2c(c(N3CCOC(C(=O)N4CCc5ccccc5C4)C3)n1)CCC2. The van der Waals surface area contributed by atoms with E-state index in [1.165, 1.54) is 22.4 Å². The lowest BCUT2D eigenvalue weighted by Gasteiger charge is -2.37. The van der Waals surface area contributed by atoms with Gasteiger partial charge in [0.1, 0.15) is 11.6 Å². The number of hydrogen-bond acceptors (Lipinski definition) is 5. The van der Waals surface area contributed by atoms with Gasteiger partial charge >= 0.3 is 0 Å². The van der Waals surface area contributed by atoms with Gasteiger partial charge in [-0.25, -0.2) is 9.97 Å². The zero-order valence-corrected chi connectivity index (χ0v) is 16.4. The summed E-state index contributed by atoms with van der Waals surface area (Å²) in [7, 11) is 0. The second-order valence-corrected chi connectivity index (χ2v) is 7.96. The third-order valence-corrected chi connectivity index (χ3v) is 6.11. The first-order valence-corrected chi connectivity index (χ1v) is 10.3. The van der Waals surface area contributed by atoms with Gasteiger partial charge in [-0.05, 0) is 43.7 Å². The first-order valence-electron chi connectivity index (χ1n) is 10.3. The van der Waals surface area contributed by atoms with E-state index in [-0.39, 0.29) is 5.91 Å². The first kappa shape index (κ1) is 17.6. The minimum absolute atomic E-state index is 0.0987. The fourth-order valence-electron chi connectivity index (χ4n) is 4.67. The summed E-state index contributed by atoms with van der Waals surface area (Å²) >= 11 is 0. The maximum absolute atomic E-state index is 13.2. The number of aryl methyl sites for hydroxylation is 2. The highest BCUT2D eigenvalue weighted by Crippen LogP contribution is 2.30. The lowest BCUT2D eigenvalue weighted by Crippen LogP contribution is -2.52. The summed E-state index contributed by atoms with van der Waals surface area (Å²) in [6.45, 7) is 5.29. The highest BCUT2D eigenvalue weighted by molar-refractivity contribution is 5.82. The monoisotopic (exact) mass is 378 g/mol. The van der Waals surface area contributed by atoms with E-state index in [4.69, 9.17) is 9.72 Å². The number of carbonyl (C=O) groups excluding carboxylic acids is 1. The molecule has 1 aromatic heterocycles. The van der Waals surface area contributed by atoms with Crippen LogP contribution in [0.25, 0.3) is 0 Å². The molecule has 0 spiro atoms. The Kier molecular flexibility index (Phi) is 4.51. The normalized spacial score (nSPS) is 21.4. The Morgan fingerprint density at radius 3 is 2.86 bits per heavy atom. The molecule has 6 nitrogen and oxygen atoms in total. The molecule has 1 amide bonds. The van der Waals surface area contributed by atoms with Gasteiger partial charge in [0.05, 0.1) is 13.2 Å². The highest BCUT2D eigenvalue weighted by Gasteiger charge is 2.34. The van der Waals surface area contributed by atoms with Crippen LogP contribution in [0.4, 0.5) is 5.82 Å². The van der Waals surface area contributed by atoms with Crippen molar-refractivity contribution < 1.29 is 9.53 Å². The third-order valence-electron chi connectivity index (χ3n) is 6.11. The number of anilines is 1. The second-order valence-electron chi connectivity index (χ2n) is 7.96. The molecule has 2 aromatic rings. The van der Waals surface area contributed by atoms with Gasteiger partial charge in [-0.3, -0.25) is 4.79 Å². The van der Waals surface area contributed by atoms with Gasteiger partial charge in [-0.2, -0.15) is 0 Å². The van der Waals surface area contributed by atoms with Gasteiger partial charge in [0.25, 0.3) is 5.91 Å². The number of rotatable bonds is 2. The van der Waals surface area contributed by atoms with Crippen LogP contribution in [0.2, 0.25) is 0 Å². The van der Waals surface area contributed by atoms with E-state index in [9.17, 15) is 4.79 Å². The fraction of sp³-hybridized carbons (Fsp3) is 0.500. The molecule has 3 aliphatic rings. The number of aromatic nitrogens is 2. The van der Waals surface area contributed by atoms with Gasteiger partial charge in [0.2, 0.25) is 0 Å². The second kappa shape index (κ2) is 7.17. The Morgan fingerprint density at radius 1 is 1.11 bits per heavy atom. The van der Waals surface area contributed by atoms with Crippen molar-refractivity contribution in [2.45, 2.75) is 45.3 Å². The van der Waals surface area contributed by atoms with Gasteiger partial charge in [-0.1, -0.05) is 24.3 Å². The molecule has 146 valence electrons. The number of nitrogens with zero attached hydrogens (tertiary/aromatic N) is 4. The number of benzene rings is 1. The van der Waals surface area contributed by atoms with Gasteiger partial charge < -0.3 is 14.5 Å². The van der Waals surface area contributed by atoms with Crippen LogP contribution in [0.15, 0.2) is 24.3 Å². The van der Waals surface area contributed by atoms with E-state index >= 15 is 0 Å². The Hall–Kier alpha value is -2.47. The van der Waals surface area contributed by atoms with E-state index < -0.39 is 6.10 Å². The molecule has 0 bridgehead atoms. The lowest BCUT2D eigenvalue weighted by atomic mass is 9.99. The predicted octanol–water partition coefficient (Wildman–Crippen LogP) is 2.06. The topological polar surface area (TPSA) is 58.6 Å². The standard InChI is InChI=1S/C22H26N4O2/c1-15-23-19-8-4-7-18(19)21(24-15)25-11-12-28-20(14-25)22(27)26-10-9-16-5-2-3-6-17(16)13-26/h2-3,5-6,20H,4,7-14H2,1H3. The van der Waals surface area contributed by atoms with Crippen molar-refractivity contribution in [2.75, 3.05) is 31.1 Å². The molecule has 0 radical (unpaired) electrons. The van der Waals surface area contributed by atoms with E-state index in [1.807, 2.05) is 17.9 Å². The summed E-state index contributed by atoms with van der Waals surface area (Å²) in [6.07, 6.45) is 3.69. The van der Waals surface area contributed by atoms with Gasteiger partial charge in [-0.15, -0.1) is 0 Å². The molecule has 3 heterocycles. The van der Waals surface area contributed by atoms with Crippen LogP contribution < -0.4 is 4.90 Å². The molecule has 0 saturated carbocycles. The molecular formula is C22H26N4O2. The number of amides is 1. The molecule has 2 aliphatic heterocycles. The van der Waals surface area contributed by atoms with Crippen molar-refractivity contribution >= 4 is 11.7 Å². The molecular weight excluding hydrogens is 352 g/mol. The van der Waals surface area contributed by atoms with Crippen LogP contribution in [-0.2, 0) is 35.3 Å². The average Bonchev–Trinajstić information content (AvgIpc) is 3.20. The number of fused-ring (bicyclic) bond motifs is 2. The number of hydrogen-bond donors (Lipinski definition) is 0. The smallest absolute Gasteiger partial charge is 0.253 e. The van der Waals surface area contributed by atoms with Crippen LogP contribution in [0.3, 0.4) is 0 Å². The Morgan fingerprint density at radius 2 is 1.96 bits per heavy atom. The van der Waals surface area contributed by atoms with Crippen LogP contribution >= 0.6 is 0 Å². The van der Waals surface area contributed by atoms with Crippen LogP contribution in [0, 0.1) is 6.92 Å². The molecule has 1 saturated heterocycles.